The van der Waals surface area contributed by atoms with E-state index < -0.39 is 0 Å². The summed E-state index contributed by atoms with van der Waals surface area (Å²) in [5, 5.41) is 2.81. The summed E-state index contributed by atoms with van der Waals surface area (Å²) in [4.78, 5) is 26.2. The first-order valence-electron chi connectivity index (χ1n) is 9.16. The molecule has 1 atom stereocenters. The number of nitrogens with two attached hydrogens (primary N) is 1. The van der Waals surface area contributed by atoms with Crippen LogP contribution in [0.2, 0.25) is 0 Å². The molecular formula is C19H29N3O4. The third-order valence-electron chi connectivity index (χ3n) is 4.45. The number of piperidine rings is 1. The van der Waals surface area contributed by atoms with Crippen molar-refractivity contribution in [1.29, 1.82) is 0 Å². The molecule has 1 heterocycles. The van der Waals surface area contributed by atoms with Gasteiger partial charge in [-0.2, -0.15) is 0 Å². The van der Waals surface area contributed by atoms with Gasteiger partial charge in [-0.05, 0) is 43.5 Å². The van der Waals surface area contributed by atoms with Crippen LogP contribution in [0.3, 0.4) is 0 Å². The summed E-state index contributed by atoms with van der Waals surface area (Å²) in [5.74, 6) is 1.49. The Bertz CT molecular complexity index is 577. The van der Waals surface area contributed by atoms with Crippen LogP contribution in [0.5, 0.6) is 11.5 Å². The van der Waals surface area contributed by atoms with Crippen molar-refractivity contribution in [2.45, 2.75) is 25.7 Å². The number of likely N-dealkylation sites (tertiary alicyclic amines) is 1. The predicted molar refractivity (Wildman–Crippen MR) is 99.1 cm³/mol. The molecular weight excluding hydrogens is 334 g/mol. The van der Waals surface area contributed by atoms with Crippen LogP contribution in [-0.2, 0) is 9.59 Å². The van der Waals surface area contributed by atoms with E-state index in [2.05, 4.69) is 5.32 Å². The maximum absolute atomic E-state index is 12.4. The normalized spacial score (nSPS) is 16.8. The fraction of sp³-hybridized carbons (Fsp3) is 0.579. The molecule has 3 N–H and O–H groups in total. The van der Waals surface area contributed by atoms with Gasteiger partial charge in [0.15, 0.2) is 0 Å². The summed E-state index contributed by atoms with van der Waals surface area (Å²) >= 11 is 0. The molecule has 0 aliphatic carbocycles. The first kappa shape index (κ1) is 20.0. The van der Waals surface area contributed by atoms with Gasteiger partial charge in [0.1, 0.15) is 11.5 Å². The van der Waals surface area contributed by atoms with Gasteiger partial charge in [0.25, 0.3) is 0 Å². The zero-order valence-corrected chi connectivity index (χ0v) is 15.4. The van der Waals surface area contributed by atoms with Gasteiger partial charge in [0.2, 0.25) is 11.8 Å². The first-order chi connectivity index (χ1) is 12.6. The van der Waals surface area contributed by atoms with Gasteiger partial charge in [-0.25, -0.2) is 0 Å². The number of ether oxygens (including phenoxy) is 2. The lowest BCUT2D eigenvalue weighted by Crippen LogP contribution is -2.46. The van der Waals surface area contributed by atoms with Crippen LogP contribution in [-0.4, -0.2) is 56.6 Å². The number of benzene rings is 1. The predicted octanol–water partition coefficient (Wildman–Crippen LogP) is 1.17. The Balaban J connectivity index is 1.68. The van der Waals surface area contributed by atoms with Crippen molar-refractivity contribution in [3.8, 4) is 11.5 Å². The fourth-order valence-corrected chi connectivity index (χ4v) is 3.00. The third-order valence-corrected chi connectivity index (χ3v) is 4.45. The molecule has 0 radical (unpaired) electrons. The zero-order chi connectivity index (χ0) is 18.8. The van der Waals surface area contributed by atoms with Gasteiger partial charge in [0.05, 0.1) is 19.6 Å². The van der Waals surface area contributed by atoms with Gasteiger partial charge in [-0.1, -0.05) is 0 Å². The Morgan fingerprint density at radius 2 is 2.00 bits per heavy atom. The van der Waals surface area contributed by atoms with Gasteiger partial charge in [-0.3, -0.25) is 9.59 Å². The third kappa shape index (κ3) is 6.22. The molecule has 1 fully saturated rings. The second kappa shape index (κ2) is 10.7. The fourth-order valence-electron chi connectivity index (χ4n) is 3.00. The Hall–Kier alpha value is -2.28. The smallest absolute Gasteiger partial charge is 0.224 e. The molecule has 144 valence electrons. The van der Waals surface area contributed by atoms with Crippen LogP contribution in [0, 0.1) is 5.92 Å². The molecule has 2 rings (SSSR count). The van der Waals surface area contributed by atoms with Crippen LogP contribution in [0.1, 0.15) is 25.7 Å². The molecule has 0 saturated carbocycles. The van der Waals surface area contributed by atoms with E-state index in [1.54, 1.807) is 12.0 Å². The zero-order valence-electron chi connectivity index (χ0n) is 15.4. The van der Waals surface area contributed by atoms with E-state index in [1.165, 1.54) is 0 Å². The topological polar surface area (TPSA) is 93.9 Å². The van der Waals surface area contributed by atoms with E-state index in [0.29, 0.717) is 39.1 Å². The molecule has 26 heavy (non-hydrogen) atoms. The molecule has 2 amide bonds. The average Bonchev–Trinajstić information content (AvgIpc) is 2.69. The quantitative estimate of drug-likeness (QED) is 0.642. The van der Waals surface area contributed by atoms with Gasteiger partial charge >= 0.3 is 0 Å². The average molecular weight is 363 g/mol. The van der Waals surface area contributed by atoms with Crippen molar-refractivity contribution in [1.82, 2.24) is 10.2 Å². The second-order valence-corrected chi connectivity index (χ2v) is 6.39. The van der Waals surface area contributed by atoms with Crippen molar-refractivity contribution in [2.75, 3.05) is 39.9 Å². The minimum absolute atomic E-state index is 0.00390. The summed E-state index contributed by atoms with van der Waals surface area (Å²) in [5.41, 5.74) is 5.41. The number of hydrogen-bond acceptors (Lipinski definition) is 5. The molecule has 1 aliphatic rings. The molecule has 0 aromatic heterocycles. The van der Waals surface area contributed by atoms with Crippen LogP contribution in [0.15, 0.2) is 24.3 Å². The molecule has 1 unspecified atom stereocenters. The van der Waals surface area contributed by atoms with Crippen molar-refractivity contribution in [3.63, 3.8) is 0 Å². The number of methoxy groups -OCH3 is 1. The van der Waals surface area contributed by atoms with Crippen molar-refractivity contribution < 1.29 is 19.1 Å². The highest BCUT2D eigenvalue weighted by Crippen LogP contribution is 2.19. The maximum Gasteiger partial charge on any atom is 0.224 e. The lowest BCUT2D eigenvalue weighted by atomic mass is 9.96. The van der Waals surface area contributed by atoms with Crippen molar-refractivity contribution in [2.24, 2.45) is 11.7 Å². The highest BCUT2D eigenvalue weighted by atomic mass is 16.5. The van der Waals surface area contributed by atoms with E-state index in [4.69, 9.17) is 15.2 Å². The number of carbonyl (C=O) groups excluding carboxylic acids is 2. The summed E-state index contributed by atoms with van der Waals surface area (Å²) < 4.78 is 10.7. The van der Waals surface area contributed by atoms with Crippen LogP contribution in [0.4, 0.5) is 0 Å². The van der Waals surface area contributed by atoms with Crippen LogP contribution >= 0.6 is 0 Å². The number of amides is 2. The lowest BCUT2D eigenvalue weighted by molar-refractivity contribution is -0.135. The Labute approximate surface area is 154 Å². The SMILES string of the molecule is COc1ccc(OCCCC(=O)N2CCCC(C(=O)NCCN)C2)cc1. The first-order valence-corrected chi connectivity index (χ1v) is 9.16. The minimum Gasteiger partial charge on any atom is -0.497 e. The molecule has 1 aliphatic heterocycles. The summed E-state index contributed by atoms with van der Waals surface area (Å²) in [6, 6.07) is 7.36. The van der Waals surface area contributed by atoms with E-state index in [0.717, 1.165) is 30.9 Å². The van der Waals surface area contributed by atoms with E-state index >= 15 is 0 Å². The Morgan fingerprint density at radius 3 is 2.69 bits per heavy atom. The number of hydrogen-bond donors (Lipinski definition) is 2. The van der Waals surface area contributed by atoms with Gasteiger partial charge in [0, 0.05) is 32.6 Å². The Morgan fingerprint density at radius 1 is 1.27 bits per heavy atom. The Kier molecular flexibility index (Phi) is 8.21. The van der Waals surface area contributed by atoms with E-state index in [1.807, 2.05) is 24.3 Å². The highest BCUT2D eigenvalue weighted by molar-refractivity contribution is 5.81. The van der Waals surface area contributed by atoms with Crippen molar-refractivity contribution >= 4 is 11.8 Å². The van der Waals surface area contributed by atoms with E-state index in [9.17, 15) is 9.59 Å². The summed E-state index contributed by atoms with van der Waals surface area (Å²) in [6.45, 7) is 2.60. The largest absolute Gasteiger partial charge is 0.497 e. The summed E-state index contributed by atoms with van der Waals surface area (Å²) in [6.07, 6.45) is 2.74. The molecule has 7 heteroatoms. The second-order valence-electron chi connectivity index (χ2n) is 6.39. The lowest BCUT2D eigenvalue weighted by Gasteiger charge is -2.32. The molecule has 1 aromatic carbocycles. The van der Waals surface area contributed by atoms with Gasteiger partial charge in [-0.15, -0.1) is 0 Å². The number of nitrogens with one attached hydrogen (secondary N) is 1. The molecule has 1 aromatic rings. The monoisotopic (exact) mass is 363 g/mol. The molecule has 0 bridgehead atoms. The van der Waals surface area contributed by atoms with Gasteiger partial charge < -0.3 is 25.4 Å². The summed E-state index contributed by atoms with van der Waals surface area (Å²) in [7, 11) is 1.62. The number of carbonyl (C=O) groups is 2. The molecule has 0 spiro atoms. The molecule has 1 saturated heterocycles. The van der Waals surface area contributed by atoms with E-state index in [-0.39, 0.29) is 17.7 Å². The number of rotatable bonds is 9. The maximum atomic E-state index is 12.4. The highest BCUT2D eigenvalue weighted by Gasteiger charge is 2.27. The number of nitrogens with zero attached hydrogens (tertiary/aromatic N) is 1. The van der Waals surface area contributed by atoms with Crippen LogP contribution in [0.25, 0.3) is 0 Å². The molecule has 7 nitrogen and oxygen atoms in total. The van der Waals surface area contributed by atoms with Crippen molar-refractivity contribution in [3.05, 3.63) is 24.3 Å². The van der Waals surface area contributed by atoms with Crippen LogP contribution < -0.4 is 20.5 Å². The minimum atomic E-state index is -0.130. The standard InChI is InChI=1S/C19H29N3O4/c1-25-16-6-8-17(9-7-16)26-13-3-5-18(23)22-12-2-4-15(14-22)19(24)21-11-10-20/h6-9,15H,2-5,10-14,20H2,1H3,(H,21,24).